The van der Waals surface area contributed by atoms with Gasteiger partial charge in [0.05, 0.1) is 18.6 Å². The molecular formula is C12H14N4O. The van der Waals surface area contributed by atoms with E-state index in [1.54, 1.807) is 6.33 Å². The molecule has 0 bridgehead atoms. The largest absolute Gasteiger partial charge is 0.378 e. The number of fused-ring (bicyclic) bond motifs is 1. The average Bonchev–Trinajstić information content (AvgIpc) is 3.00. The maximum atomic E-state index is 5.66. The quantitative estimate of drug-likeness (QED) is 0.853. The normalized spacial score (nSPS) is 31.2. The van der Waals surface area contributed by atoms with Gasteiger partial charge in [-0.3, -0.25) is 0 Å². The Hall–Kier alpha value is -1.62. The topological polar surface area (TPSA) is 55.7 Å². The summed E-state index contributed by atoms with van der Waals surface area (Å²) in [5.41, 5.74) is 0.984. The molecule has 4 rings (SSSR count). The highest BCUT2D eigenvalue weighted by atomic mass is 16.5. The lowest BCUT2D eigenvalue weighted by molar-refractivity contribution is -0.00520. The number of H-pyrrole nitrogens is 1. The van der Waals surface area contributed by atoms with Crippen molar-refractivity contribution in [3.05, 3.63) is 24.9 Å². The zero-order valence-electron chi connectivity index (χ0n) is 9.41. The number of imidazole rings is 2. The summed E-state index contributed by atoms with van der Waals surface area (Å²) in [4.78, 5) is 11.6. The first-order chi connectivity index (χ1) is 8.43. The second kappa shape index (κ2) is 3.43. The third-order valence-electron chi connectivity index (χ3n) is 3.99. The Morgan fingerprint density at radius 2 is 2.47 bits per heavy atom. The third kappa shape index (κ3) is 1.29. The first-order valence-corrected chi connectivity index (χ1v) is 6.06. The number of aromatic nitrogens is 4. The highest BCUT2D eigenvalue weighted by Crippen LogP contribution is 2.47. The second-order valence-electron chi connectivity index (χ2n) is 4.79. The molecule has 3 heterocycles. The summed E-state index contributed by atoms with van der Waals surface area (Å²) in [5.74, 6) is 1.66. The molecule has 0 unspecified atom stereocenters. The fraction of sp³-hybridized carbons (Fsp3) is 0.500. The molecule has 0 radical (unpaired) electrons. The highest BCUT2D eigenvalue weighted by Gasteiger charge is 2.46. The minimum Gasteiger partial charge on any atom is -0.378 e. The Morgan fingerprint density at radius 3 is 3.29 bits per heavy atom. The summed E-state index contributed by atoms with van der Waals surface area (Å²) in [6, 6.07) is 0.545. The zero-order valence-corrected chi connectivity index (χ0v) is 9.41. The monoisotopic (exact) mass is 230 g/mol. The van der Waals surface area contributed by atoms with Crippen LogP contribution in [0.1, 0.15) is 18.9 Å². The molecule has 1 aliphatic carbocycles. The first-order valence-electron chi connectivity index (χ1n) is 6.06. The number of rotatable bonds is 2. The van der Waals surface area contributed by atoms with Gasteiger partial charge in [-0.05, 0) is 12.8 Å². The predicted octanol–water partition coefficient (Wildman–Crippen LogP) is 1.62. The molecule has 2 aromatic rings. The van der Waals surface area contributed by atoms with Gasteiger partial charge in [-0.25, -0.2) is 9.97 Å². The van der Waals surface area contributed by atoms with Crippen LogP contribution in [0.4, 0.5) is 0 Å². The molecule has 0 spiro atoms. The Bertz CT molecular complexity index is 518. The van der Waals surface area contributed by atoms with Crippen molar-refractivity contribution in [1.82, 2.24) is 19.5 Å². The van der Waals surface area contributed by atoms with Crippen molar-refractivity contribution in [2.24, 2.45) is 5.92 Å². The van der Waals surface area contributed by atoms with E-state index in [-0.39, 0.29) is 0 Å². The number of hydrogen-bond acceptors (Lipinski definition) is 3. The summed E-state index contributed by atoms with van der Waals surface area (Å²) in [6.07, 6.45) is 10.2. The van der Waals surface area contributed by atoms with Gasteiger partial charge in [0.15, 0.2) is 5.82 Å². The van der Waals surface area contributed by atoms with Crippen LogP contribution in [-0.2, 0) is 4.74 Å². The Kier molecular flexibility index (Phi) is 1.90. The van der Waals surface area contributed by atoms with Gasteiger partial charge < -0.3 is 14.3 Å². The molecule has 5 nitrogen and oxygen atoms in total. The lowest BCUT2D eigenvalue weighted by atomic mass is 9.76. The highest BCUT2D eigenvalue weighted by molar-refractivity contribution is 5.48. The van der Waals surface area contributed by atoms with Crippen molar-refractivity contribution >= 4 is 0 Å². The maximum Gasteiger partial charge on any atom is 0.158 e. The molecule has 1 saturated carbocycles. The summed E-state index contributed by atoms with van der Waals surface area (Å²) < 4.78 is 7.92. The molecule has 0 aromatic carbocycles. The fourth-order valence-electron chi connectivity index (χ4n) is 3.05. The van der Waals surface area contributed by atoms with Crippen molar-refractivity contribution in [2.75, 3.05) is 6.61 Å². The van der Waals surface area contributed by atoms with Crippen molar-refractivity contribution in [3.63, 3.8) is 0 Å². The standard InChI is InChI=1S/C12H14N4O/c1-4-17-11-5-10(8(1)11)16-3-2-14-12(16)9-6-13-7-15-9/h2-3,6-8,10-11H,1,4-5H2,(H,13,15)/t8-,10+,11+/m0/s1. The van der Waals surface area contributed by atoms with Crippen LogP contribution in [0.15, 0.2) is 24.9 Å². The van der Waals surface area contributed by atoms with Crippen LogP contribution in [-0.4, -0.2) is 32.2 Å². The van der Waals surface area contributed by atoms with Gasteiger partial charge in [-0.2, -0.15) is 0 Å². The average molecular weight is 230 g/mol. The molecule has 1 N–H and O–H groups in total. The first kappa shape index (κ1) is 9.41. The van der Waals surface area contributed by atoms with Crippen LogP contribution in [0.2, 0.25) is 0 Å². The van der Waals surface area contributed by atoms with Crippen LogP contribution < -0.4 is 0 Å². The Morgan fingerprint density at radius 1 is 1.47 bits per heavy atom. The molecule has 0 amide bonds. The summed E-state index contributed by atoms with van der Waals surface area (Å²) in [5, 5.41) is 0. The van der Waals surface area contributed by atoms with E-state index < -0.39 is 0 Å². The van der Waals surface area contributed by atoms with Gasteiger partial charge in [0, 0.05) is 31.0 Å². The van der Waals surface area contributed by atoms with E-state index in [0.717, 1.165) is 24.5 Å². The van der Waals surface area contributed by atoms with Crippen LogP contribution in [0.5, 0.6) is 0 Å². The molecule has 5 heteroatoms. The van der Waals surface area contributed by atoms with E-state index in [9.17, 15) is 0 Å². The molecule has 1 aliphatic heterocycles. The van der Waals surface area contributed by atoms with E-state index in [4.69, 9.17) is 4.74 Å². The minimum absolute atomic E-state index is 0.483. The van der Waals surface area contributed by atoms with Crippen LogP contribution in [0, 0.1) is 5.92 Å². The summed E-state index contributed by atoms with van der Waals surface area (Å²) >= 11 is 0. The van der Waals surface area contributed by atoms with E-state index in [0.29, 0.717) is 18.1 Å². The Balaban J connectivity index is 1.69. The maximum absolute atomic E-state index is 5.66. The SMILES string of the molecule is c1cn([C@@H]2C[C@H]3OCC[C@@H]23)c(-c2cnc[nH]2)n1. The Labute approximate surface area is 98.8 Å². The van der Waals surface area contributed by atoms with Crippen molar-refractivity contribution in [1.29, 1.82) is 0 Å². The summed E-state index contributed by atoms with van der Waals surface area (Å²) in [7, 11) is 0. The molecule has 88 valence electrons. The number of nitrogens with one attached hydrogen (secondary N) is 1. The van der Waals surface area contributed by atoms with Gasteiger partial charge in [0.1, 0.15) is 5.69 Å². The van der Waals surface area contributed by atoms with E-state index in [1.807, 2.05) is 12.4 Å². The van der Waals surface area contributed by atoms with E-state index in [2.05, 4.69) is 25.7 Å². The molecular weight excluding hydrogens is 216 g/mol. The molecule has 2 aliphatic rings. The van der Waals surface area contributed by atoms with Gasteiger partial charge >= 0.3 is 0 Å². The predicted molar refractivity (Wildman–Crippen MR) is 61.3 cm³/mol. The van der Waals surface area contributed by atoms with Crippen LogP contribution in [0.3, 0.4) is 0 Å². The lowest BCUT2D eigenvalue weighted by Gasteiger charge is -2.40. The number of aromatic amines is 1. The molecule has 1 saturated heterocycles. The van der Waals surface area contributed by atoms with Gasteiger partial charge in [-0.1, -0.05) is 0 Å². The fourth-order valence-corrected chi connectivity index (χ4v) is 3.05. The van der Waals surface area contributed by atoms with E-state index in [1.165, 1.54) is 6.42 Å². The van der Waals surface area contributed by atoms with Crippen LogP contribution in [0.25, 0.3) is 11.5 Å². The molecule has 2 aromatic heterocycles. The smallest absolute Gasteiger partial charge is 0.158 e. The van der Waals surface area contributed by atoms with Crippen molar-refractivity contribution in [3.8, 4) is 11.5 Å². The number of nitrogens with zero attached hydrogens (tertiary/aromatic N) is 3. The number of hydrogen-bond donors (Lipinski definition) is 1. The molecule has 17 heavy (non-hydrogen) atoms. The van der Waals surface area contributed by atoms with Crippen LogP contribution >= 0.6 is 0 Å². The minimum atomic E-state index is 0.483. The zero-order chi connectivity index (χ0) is 11.2. The van der Waals surface area contributed by atoms with E-state index >= 15 is 0 Å². The van der Waals surface area contributed by atoms with Crippen molar-refractivity contribution in [2.45, 2.75) is 25.0 Å². The second-order valence-corrected chi connectivity index (χ2v) is 4.79. The summed E-state index contributed by atoms with van der Waals surface area (Å²) in [6.45, 7) is 0.917. The molecule has 2 fully saturated rings. The third-order valence-corrected chi connectivity index (χ3v) is 3.99. The lowest BCUT2D eigenvalue weighted by Crippen LogP contribution is -2.39. The number of ether oxygens (including phenoxy) is 1. The van der Waals surface area contributed by atoms with Gasteiger partial charge in [0.25, 0.3) is 0 Å². The van der Waals surface area contributed by atoms with Crippen molar-refractivity contribution < 1.29 is 4.74 Å². The van der Waals surface area contributed by atoms with Gasteiger partial charge in [0.2, 0.25) is 0 Å². The van der Waals surface area contributed by atoms with Gasteiger partial charge in [-0.15, -0.1) is 0 Å². The molecule has 3 atom stereocenters.